The second kappa shape index (κ2) is 21.5. The monoisotopic (exact) mass is 916 g/mol. The highest BCUT2D eigenvalue weighted by atomic mass is 32.2. The van der Waals surface area contributed by atoms with E-state index in [0.717, 1.165) is 12.0 Å². The lowest BCUT2D eigenvalue weighted by Gasteiger charge is -2.06. The van der Waals surface area contributed by atoms with Crippen LogP contribution in [0.3, 0.4) is 0 Å². The lowest BCUT2D eigenvalue weighted by atomic mass is 10.1. The van der Waals surface area contributed by atoms with Gasteiger partial charge in [0.05, 0.1) is 74.5 Å². The predicted molar refractivity (Wildman–Crippen MR) is 225 cm³/mol. The highest BCUT2D eigenvalue weighted by Crippen LogP contribution is 2.33. The molecule has 0 amide bonds. The van der Waals surface area contributed by atoms with Crippen LogP contribution in [0.1, 0.15) is 11.1 Å². The fourth-order valence-corrected chi connectivity index (χ4v) is 6.96. The molecule has 0 unspecified atom stereocenters. The second-order valence-electron chi connectivity index (χ2n) is 12.0. The second-order valence-corrected chi connectivity index (χ2v) is 16.3. The normalized spacial score (nSPS) is 12.5. The van der Waals surface area contributed by atoms with Gasteiger partial charge in [-0.2, -0.15) is 57.7 Å². The molecule has 0 aromatic heterocycles. The molecule has 0 atom stereocenters. The first kappa shape index (κ1) is 45.3. The largest absolute Gasteiger partial charge is 0.295 e. The minimum absolute atomic E-state index is 0.124. The fraction of sp³-hybridized carbons (Fsp3) is 0. The Morgan fingerprint density at radius 2 is 0.774 bits per heavy atom. The summed E-state index contributed by atoms with van der Waals surface area (Å²) in [6.45, 7) is 0. The van der Waals surface area contributed by atoms with Crippen LogP contribution in [-0.2, 0) is 39.0 Å². The number of nitrogens with zero attached hydrogens (tertiary/aromatic N) is 8. The Kier molecular flexibility index (Phi) is 15.7. The van der Waals surface area contributed by atoms with Crippen molar-refractivity contribution in [2.45, 2.75) is 19.6 Å². The molecule has 0 aliphatic rings. The summed E-state index contributed by atoms with van der Waals surface area (Å²) in [5.74, 6) is 0. The van der Waals surface area contributed by atoms with Gasteiger partial charge in [0.25, 0.3) is 20.2 Å². The number of hydrogen-bond acceptors (Lipinski definition) is 20. The van der Waals surface area contributed by atoms with Gasteiger partial charge in [-0.15, -0.1) is 8.67 Å². The topological polar surface area (TPSA) is 285 Å². The van der Waals surface area contributed by atoms with Crippen LogP contribution >= 0.6 is 24.1 Å². The molecule has 0 fully saturated rings. The Morgan fingerprint density at radius 3 is 1.21 bits per heavy atom. The molecule has 4 N–H and O–H groups in total. The van der Waals surface area contributed by atoms with E-state index in [1.807, 2.05) is 0 Å². The van der Waals surface area contributed by atoms with Gasteiger partial charge in [-0.3, -0.25) is 9.11 Å². The van der Waals surface area contributed by atoms with E-state index >= 15 is 0 Å². The maximum absolute atomic E-state index is 12.4. The van der Waals surface area contributed by atoms with Gasteiger partial charge in [0.2, 0.25) is 0 Å². The van der Waals surface area contributed by atoms with Gasteiger partial charge in [-0.05, 0) is 132 Å². The van der Waals surface area contributed by atoms with Crippen LogP contribution in [0.25, 0.3) is 12.2 Å². The van der Waals surface area contributed by atoms with E-state index in [1.54, 1.807) is 97.1 Å². The molecule has 6 aromatic carbocycles. The Morgan fingerprint density at radius 1 is 0.419 bits per heavy atom. The lowest BCUT2D eigenvalue weighted by Crippen LogP contribution is -2.00. The van der Waals surface area contributed by atoms with Crippen molar-refractivity contribution < 1.29 is 55.2 Å². The van der Waals surface area contributed by atoms with E-state index in [2.05, 4.69) is 59.7 Å². The zero-order valence-electron chi connectivity index (χ0n) is 31.1. The molecule has 0 saturated heterocycles. The average Bonchev–Trinajstić information content (AvgIpc) is 3.27. The number of benzene rings is 6. The summed E-state index contributed by atoms with van der Waals surface area (Å²) in [6.07, 6.45) is 2.99. The third kappa shape index (κ3) is 13.6. The van der Waals surface area contributed by atoms with Crippen LogP contribution in [0.2, 0.25) is 0 Å². The molecule has 6 aromatic rings. The van der Waals surface area contributed by atoms with Crippen molar-refractivity contribution >= 4 is 102 Å². The summed E-state index contributed by atoms with van der Waals surface area (Å²) in [5, 5.41) is 57.6. The van der Waals surface area contributed by atoms with Crippen LogP contribution in [0, 0.1) is 0 Å². The van der Waals surface area contributed by atoms with E-state index < -0.39 is 25.1 Å². The van der Waals surface area contributed by atoms with Crippen molar-refractivity contribution in [3.8, 4) is 0 Å². The maximum atomic E-state index is 12.4. The maximum Gasteiger partial charge on any atom is 0.295 e. The molecule has 0 spiro atoms. The molecule has 20 nitrogen and oxygen atoms in total. The van der Waals surface area contributed by atoms with Gasteiger partial charge >= 0.3 is 0 Å². The van der Waals surface area contributed by atoms with Crippen molar-refractivity contribution in [2.24, 2.45) is 40.9 Å². The third-order valence-electron chi connectivity index (χ3n) is 7.82. The van der Waals surface area contributed by atoms with Crippen molar-refractivity contribution in [1.29, 1.82) is 0 Å². The minimum atomic E-state index is -4.72. The summed E-state index contributed by atoms with van der Waals surface area (Å²) < 4.78 is 75.5. The number of hydrogen-bond donors (Lipinski definition) is 4. The van der Waals surface area contributed by atoms with Crippen LogP contribution in [0.15, 0.2) is 194 Å². The molecule has 62 heavy (non-hydrogen) atoms. The summed E-state index contributed by atoms with van der Waals surface area (Å²) in [5.41, 5.74) is 3.95. The van der Waals surface area contributed by atoms with Gasteiger partial charge in [0.1, 0.15) is 4.90 Å². The molecule has 316 valence electrons. The Labute approximate surface area is 360 Å². The van der Waals surface area contributed by atoms with Crippen molar-refractivity contribution in [3.05, 3.63) is 145 Å². The predicted octanol–water partition coefficient (Wildman–Crippen LogP) is 12.9. The van der Waals surface area contributed by atoms with Crippen molar-refractivity contribution in [2.75, 3.05) is 0 Å². The molecule has 6 rings (SSSR count). The van der Waals surface area contributed by atoms with Gasteiger partial charge < -0.3 is 0 Å². The Hall–Kier alpha value is -6.26. The molecule has 0 aliphatic carbocycles. The van der Waals surface area contributed by atoms with Crippen LogP contribution in [0.4, 0.5) is 45.5 Å². The highest BCUT2D eigenvalue weighted by Gasteiger charge is 2.16. The Bertz CT molecular complexity index is 2870. The molecule has 0 saturated carbocycles. The molecular formula is C38H28N8O12S4. The number of azo groups is 4. The summed E-state index contributed by atoms with van der Waals surface area (Å²) in [7, 11) is -9.04. The lowest BCUT2D eigenvalue weighted by molar-refractivity contribution is -0.432. The molecule has 0 radical (unpaired) electrons. The van der Waals surface area contributed by atoms with Crippen LogP contribution in [-0.4, -0.2) is 36.5 Å². The first-order chi connectivity index (χ1) is 29.9. The van der Waals surface area contributed by atoms with Gasteiger partial charge in [-0.25, -0.2) is 10.5 Å². The summed E-state index contributed by atoms with van der Waals surface area (Å²) in [6, 6.07) is 34.0. The van der Waals surface area contributed by atoms with Gasteiger partial charge in [0, 0.05) is 9.79 Å². The van der Waals surface area contributed by atoms with Gasteiger partial charge in [-0.1, -0.05) is 34.4 Å². The zero-order chi connectivity index (χ0) is 44.0. The number of rotatable bonds is 18. The molecule has 24 heteroatoms. The van der Waals surface area contributed by atoms with E-state index in [1.165, 1.54) is 48.5 Å². The zero-order valence-corrected chi connectivity index (χ0v) is 34.4. The molecule has 0 bridgehead atoms. The van der Waals surface area contributed by atoms with Crippen LogP contribution in [0.5, 0.6) is 0 Å². The smallest absolute Gasteiger partial charge is 0.282 e. The molecule has 0 heterocycles. The Balaban J connectivity index is 1.11. The van der Waals surface area contributed by atoms with E-state index in [-0.39, 0.29) is 16.1 Å². The molecule has 0 aliphatic heterocycles. The summed E-state index contributed by atoms with van der Waals surface area (Å²) >= 11 is 1.45. The summed E-state index contributed by atoms with van der Waals surface area (Å²) in [4.78, 5) is 0.355. The SMILES string of the molecule is O=S(=O)(O)c1ccc(N=Nc2ccc(N=Nc3ccc(C=Cc4ccc(N=Nc5ccc(N=Nc6ccc(SOOO)cc6)cc5)cc4S(=O)(=O)O)c(SOOO)c3)cc2)cc1. The van der Waals surface area contributed by atoms with Crippen molar-refractivity contribution in [3.63, 3.8) is 0 Å². The van der Waals surface area contributed by atoms with Gasteiger partial charge in [0.15, 0.2) is 0 Å². The molecular weight excluding hydrogens is 889 g/mol. The van der Waals surface area contributed by atoms with Crippen LogP contribution < -0.4 is 0 Å². The van der Waals surface area contributed by atoms with E-state index in [4.69, 9.17) is 15.1 Å². The quantitative estimate of drug-likeness (QED) is 0.0156. The first-order valence-electron chi connectivity index (χ1n) is 17.1. The third-order valence-corrected chi connectivity index (χ3v) is 10.9. The minimum Gasteiger partial charge on any atom is -0.282 e. The fourth-order valence-electron chi connectivity index (χ4n) is 4.91. The van der Waals surface area contributed by atoms with Crippen molar-refractivity contribution in [1.82, 2.24) is 0 Å². The van der Waals surface area contributed by atoms with E-state index in [9.17, 15) is 21.4 Å². The highest BCUT2D eigenvalue weighted by molar-refractivity contribution is 7.94. The first-order valence-corrected chi connectivity index (χ1v) is 21.5. The van der Waals surface area contributed by atoms with E-state index in [0.29, 0.717) is 67.2 Å². The standard InChI is InChI=1S/C38H28N8O12S4/c47-55-57-59-35-19-15-31(16-20-35)41-39-27-9-13-30(14-10-27)44-46-34-6-4-26(38(24-34)62(52,53)54)2-1-25-3-5-33(23-37(25)60-58-56-48)45-43-29-11-7-28(8-12-29)40-42-32-17-21-36(22-18-32)61(49,50)51/h1-24,47-48H,(H,49,50,51)(H,52,53,54). The average molecular weight is 917 g/mol.